The molecule has 28 heavy (non-hydrogen) atoms. The smallest absolute Gasteiger partial charge is 0.251 e. The molecule has 5 nitrogen and oxygen atoms in total. The van der Waals surface area contributed by atoms with Crippen molar-refractivity contribution in [3.63, 3.8) is 0 Å². The molecule has 1 unspecified atom stereocenters. The average Bonchev–Trinajstić information content (AvgIpc) is 3.12. The van der Waals surface area contributed by atoms with Crippen LogP contribution < -0.4 is 16.0 Å². The molecule has 0 bridgehead atoms. The first-order chi connectivity index (χ1) is 13.0. The van der Waals surface area contributed by atoms with Crippen LogP contribution in [0.25, 0.3) is 0 Å². The lowest BCUT2D eigenvalue weighted by Gasteiger charge is -2.17. The van der Waals surface area contributed by atoms with Crippen molar-refractivity contribution >= 4 is 29.9 Å². The van der Waals surface area contributed by atoms with E-state index in [1.54, 1.807) is 23.1 Å². The van der Waals surface area contributed by atoms with Crippen molar-refractivity contribution in [1.29, 1.82) is 0 Å². The van der Waals surface area contributed by atoms with E-state index in [0.717, 1.165) is 17.7 Å². The minimum Gasteiger partial charge on any atom is -0.350 e. The van der Waals surface area contributed by atoms with Crippen LogP contribution in [0.4, 0.5) is 5.69 Å². The zero-order valence-corrected chi connectivity index (χ0v) is 17.2. The van der Waals surface area contributed by atoms with Gasteiger partial charge < -0.3 is 16.0 Å². The molecule has 2 aromatic rings. The third kappa shape index (κ3) is 5.12. The fraction of sp³-hybridized carbons (Fsp3) is 0.364. The van der Waals surface area contributed by atoms with Crippen LogP contribution in [0.2, 0.25) is 0 Å². The summed E-state index contributed by atoms with van der Waals surface area (Å²) in [6.45, 7) is 5.37. The van der Waals surface area contributed by atoms with E-state index >= 15 is 0 Å². The monoisotopic (exact) mass is 401 g/mol. The van der Waals surface area contributed by atoms with Gasteiger partial charge in [-0.25, -0.2) is 0 Å². The number of benzene rings is 2. The fourth-order valence-electron chi connectivity index (χ4n) is 3.29. The number of hydrogen-bond donors (Lipinski definition) is 2. The highest BCUT2D eigenvalue weighted by Crippen LogP contribution is 2.22. The predicted octanol–water partition coefficient (Wildman–Crippen LogP) is 3.79. The van der Waals surface area contributed by atoms with Crippen LogP contribution in [0.1, 0.15) is 60.1 Å². The first-order valence-electron chi connectivity index (χ1n) is 9.50. The maximum absolute atomic E-state index is 12.5. The highest BCUT2D eigenvalue weighted by molar-refractivity contribution is 5.99. The molecule has 0 saturated carbocycles. The Morgan fingerprint density at radius 1 is 1.14 bits per heavy atom. The molecule has 2 aromatic carbocycles. The quantitative estimate of drug-likeness (QED) is 0.773. The maximum Gasteiger partial charge on any atom is 0.251 e. The fourth-order valence-corrected chi connectivity index (χ4v) is 3.29. The third-order valence-electron chi connectivity index (χ3n) is 5.01. The van der Waals surface area contributed by atoms with Crippen LogP contribution in [0.5, 0.6) is 0 Å². The Bertz CT molecular complexity index is 821. The molecule has 3 rings (SSSR count). The number of rotatable bonds is 6. The lowest BCUT2D eigenvalue weighted by atomic mass is 9.99. The zero-order valence-electron chi connectivity index (χ0n) is 16.4. The molecule has 0 aliphatic carbocycles. The number of carbonyl (C=O) groups is 2. The second-order valence-electron chi connectivity index (χ2n) is 7.34. The van der Waals surface area contributed by atoms with Crippen molar-refractivity contribution in [1.82, 2.24) is 5.32 Å². The minimum absolute atomic E-state index is 0. The maximum atomic E-state index is 12.5. The summed E-state index contributed by atoms with van der Waals surface area (Å²) >= 11 is 0. The normalized spacial score (nSPS) is 14.7. The lowest BCUT2D eigenvalue weighted by molar-refractivity contribution is -0.117. The molecule has 150 valence electrons. The number of nitrogens with two attached hydrogens (primary N) is 1. The van der Waals surface area contributed by atoms with Crippen LogP contribution in [0.3, 0.4) is 0 Å². The number of amides is 2. The van der Waals surface area contributed by atoms with Gasteiger partial charge >= 0.3 is 0 Å². The molecule has 0 aromatic heterocycles. The highest BCUT2D eigenvalue weighted by atomic mass is 35.5. The van der Waals surface area contributed by atoms with Gasteiger partial charge in [-0.15, -0.1) is 12.4 Å². The topological polar surface area (TPSA) is 75.4 Å². The molecule has 1 fully saturated rings. The van der Waals surface area contributed by atoms with Crippen molar-refractivity contribution in [3.8, 4) is 0 Å². The summed E-state index contributed by atoms with van der Waals surface area (Å²) in [5.74, 6) is 0.405. The van der Waals surface area contributed by atoms with E-state index in [-0.39, 0.29) is 30.3 Å². The second kappa shape index (κ2) is 9.71. The molecule has 0 radical (unpaired) electrons. The summed E-state index contributed by atoms with van der Waals surface area (Å²) in [6.07, 6.45) is 1.43. The van der Waals surface area contributed by atoms with E-state index in [0.29, 0.717) is 31.0 Å². The summed E-state index contributed by atoms with van der Waals surface area (Å²) in [7, 11) is 0. The predicted molar refractivity (Wildman–Crippen MR) is 115 cm³/mol. The van der Waals surface area contributed by atoms with E-state index in [4.69, 9.17) is 5.73 Å². The molecule has 1 aliphatic heterocycles. The van der Waals surface area contributed by atoms with Crippen LogP contribution in [-0.4, -0.2) is 24.9 Å². The number of hydrogen-bond acceptors (Lipinski definition) is 3. The Labute approximate surface area is 172 Å². The third-order valence-corrected chi connectivity index (χ3v) is 5.01. The van der Waals surface area contributed by atoms with Gasteiger partial charge in [-0.2, -0.15) is 0 Å². The number of anilines is 1. The molecule has 1 heterocycles. The summed E-state index contributed by atoms with van der Waals surface area (Å²) in [4.78, 5) is 26.1. The van der Waals surface area contributed by atoms with Crippen molar-refractivity contribution < 1.29 is 9.59 Å². The lowest BCUT2D eigenvalue weighted by Crippen LogP contribution is -2.32. The molecular formula is C22H28ClN3O2. The van der Waals surface area contributed by atoms with Crippen molar-refractivity contribution in [2.45, 2.75) is 38.6 Å². The summed E-state index contributed by atoms with van der Waals surface area (Å²) in [5, 5.41) is 2.90. The molecule has 0 spiro atoms. The molecule has 1 saturated heterocycles. The minimum atomic E-state index is -0.265. The van der Waals surface area contributed by atoms with E-state index < -0.39 is 0 Å². The number of carbonyl (C=O) groups excluding carboxylic acids is 2. The van der Waals surface area contributed by atoms with E-state index in [1.807, 2.05) is 18.2 Å². The van der Waals surface area contributed by atoms with Gasteiger partial charge in [0.2, 0.25) is 5.91 Å². The summed E-state index contributed by atoms with van der Waals surface area (Å²) < 4.78 is 0. The SMILES string of the molecule is CC(C)c1ccc(C(N)CNC(=O)c2cccc(N3CCCC3=O)c2)cc1.Cl. The van der Waals surface area contributed by atoms with E-state index in [9.17, 15) is 9.59 Å². The van der Waals surface area contributed by atoms with Gasteiger partial charge in [-0.05, 0) is 41.7 Å². The zero-order chi connectivity index (χ0) is 19.4. The van der Waals surface area contributed by atoms with Gasteiger partial charge in [0, 0.05) is 36.8 Å². The molecular weight excluding hydrogens is 374 g/mol. The van der Waals surface area contributed by atoms with Gasteiger partial charge in [-0.1, -0.05) is 44.2 Å². The number of nitrogens with one attached hydrogen (secondary N) is 1. The summed E-state index contributed by atoms with van der Waals surface area (Å²) in [5.41, 5.74) is 9.80. The molecule has 1 atom stereocenters. The van der Waals surface area contributed by atoms with Crippen molar-refractivity contribution in [2.24, 2.45) is 5.73 Å². The van der Waals surface area contributed by atoms with Gasteiger partial charge in [0.05, 0.1) is 0 Å². The Morgan fingerprint density at radius 2 is 1.82 bits per heavy atom. The average molecular weight is 402 g/mol. The Kier molecular flexibility index (Phi) is 7.61. The van der Waals surface area contributed by atoms with E-state index in [1.165, 1.54) is 5.56 Å². The first-order valence-corrected chi connectivity index (χ1v) is 9.50. The van der Waals surface area contributed by atoms with Gasteiger partial charge in [0.15, 0.2) is 0 Å². The largest absolute Gasteiger partial charge is 0.350 e. The molecule has 1 aliphatic rings. The second-order valence-corrected chi connectivity index (χ2v) is 7.34. The first kappa shape index (κ1) is 21.9. The van der Waals surface area contributed by atoms with Crippen molar-refractivity contribution in [3.05, 3.63) is 65.2 Å². The van der Waals surface area contributed by atoms with Gasteiger partial charge in [0.25, 0.3) is 5.91 Å². The van der Waals surface area contributed by atoms with Gasteiger partial charge in [0.1, 0.15) is 0 Å². The van der Waals surface area contributed by atoms with E-state index in [2.05, 4.69) is 31.3 Å². The Hall–Kier alpha value is -2.37. The van der Waals surface area contributed by atoms with Crippen LogP contribution in [-0.2, 0) is 4.79 Å². The number of nitrogens with zero attached hydrogens (tertiary/aromatic N) is 1. The molecule has 2 amide bonds. The Morgan fingerprint density at radius 3 is 2.43 bits per heavy atom. The standard InChI is InChI=1S/C22H27N3O2.ClH/c1-15(2)16-8-10-17(11-9-16)20(23)14-24-22(27)18-5-3-6-19(13-18)25-12-4-7-21(25)26;/h3,5-6,8-11,13,15,20H,4,7,12,14,23H2,1-2H3,(H,24,27);1H. The van der Waals surface area contributed by atoms with Gasteiger partial charge in [-0.3, -0.25) is 9.59 Å². The van der Waals surface area contributed by atoms with Crippen LogP contribution in [0.15, 0.2) is 48.5 Å². The molecule has 3 N–H and O–H groups in total. The molecule has 6 heteroatoms. The van der Waals surface area contributed by atoms with Crippen molar-refractivity contribution in [2.75, 3.05) is 18.0 Å². The summed E-state index contributed by atoms with van der Waals surface area (Å²) in [6, 6.07) is 15.1. The van der Waals surface area contributed by atoms with Crippen LogP contribution in [0, 0.1) is 0 Å². The number of halogens is 1. The Balaban J connectivity index is 0.00000280. The highest BCUT2D eigenvalue weighted by Gasteiger charge is 2.22. The van der Waals surface area contributed by atoms with Crippen LogP contribution >= 0.6 is 12.4 Å².